The first-order chi connectivity index (χ1) is 9.82. The Balaban J connectivity index is 2.35. The lowest BCUT2D eigenvalue weighted by Gasteiger charge is -2.40. The molecule has 0 bridgehead atoms. The molecule has 1 aliphatic rings. The highest BCUT2D eigenvalue weighted by atomic mass is 32.1. The average Bonchev–Trinajstić information content (AvgIpc) is 2.80. The van der Waals surface area contributed by atoms with Gasteiger partial charge in [0.1, 0.15) is 5.01 Å². The topological polar surface area (TPSA) is 24.9 Å². The van der Waals surface area contributed by atoms with E-state index in [0.717, 1.165) is 28.4 Å². The van der Waals surface area contributed by atoms with Crippen molar-refractivity contribution in [1.82, 2.24) is 10.3 Å². The minimum Gasteiger partial charge on any atom is -0.306 e. The molecule has 2 nitrogen and oxygen atoms in total. The summed E-state index contributed by atoms with van der Waals surface area (Å²) < 4.78 is 39.4. The Kier molecular flexibility index (Phi) is 4.98. The summed E-state index contributed by atoms with van der Waals surface area (Å²) in [6.45, 7) is 6.64. The van der Waals surface area contributed by atoms with E-state index in [2.05, 4.69) is 10.3 Å². The van der Waals surface area contributed by atoms with Crippen LogP contribution in [0, 0.1) is 12.8 Å². The summed E-state index contributed by atoms with van der Waals surface area (Å²) in [4.78, 5) is 5.77. The molecule has 21 heavy (non-hydrogen) atoms. The number of rotatable bonds is 4. The zero-order valence-corrected chi connectivity index (χ0v) is 13.6. The maximum atomic E-state index is 13.1. The molecule has 2 rings (SSSR count). The number of thiazole rings is 1. The van der Waals surface area contributed by atoms with Gasteiger partial charge in [-0.2, -0.15) is 13.2 Å². The predicted molar refractivity (Wildman–Crippen MR) is 79.6 cm³/mol. The van der Waals surface area contributed by atoms with E-state index < -0.39 is 17.6 Å². The third-order valence-electron chi connectivity index (χ3n) is 4.37. The molecule has 1 aromatic rings. The lowest BCUT2D eigenvalue weighted by atomic mass is 9.75. The highest BCUT2D eigenvalue weighted by Gasteiger charge is 2.49. The molecule has 0 saturated heterocycles. The van der Waals surface area contributed by atoms with Gasteiger partial charge in [0.05, 0.1) is 17.2 Å². The highest BCUT2D eigenvalue weighted by molar-refractivity contribution is 7.11. The van der Waals surface area contributed by atoms with Crippen LogP contribution in [0.4, 0.5) is 13.2 Å². The van der Waals surface area contributed by atoms with Crippen molar-refractivity contribution in [2.24, 2.45) is 5.92 Å². The smallest absolute Gasteiger partial charge is 0.306 e. The molecular weight excluding hydrogens is 297 g/mol. The number of aryl methyl sites for hydroxylation is 2. The van der Waals surface area contributed by atoms with Crippen LogP contribution in [0.5, 0.6) is 0 Å². The molecule has 6 heteroatoms. The number of hydrogen-bond acceptors (Lipinski definition) is 3. The maximum absolute atomic E-state index is 13.1. The summed E-state index contributed by atoms with van der Waals surface area (Å²) >= 11 is 1.56. The Morgan fingerprint density at radius 3 is 2.62 bits per heavy atom. The Morgan fingerprint density at radius 2 is 2.10 bits per heavy atom. The first kappa shape index (κ1) is 16.7. The first-order valence-electron chi connectivity index (χ1n) is 7.61. The minimum atomic E-state index is -4.11. The van der Waals surface area contributed by atoms with Crippen molar-refractivity contribution in [3.63, 3.8) is 0 Å². The second-order valence-corrected chi connectivity index (χ2v) is 7.03. The third kappa shape index (κ3) is 3.42. The summed E-state index contributed by atoms with van der Waals surface area (Å²) in [5, 5.41) is 4.17. The van der Waals surface area contributed by atoms with Gasteiger partial charge in [-0.1, -0.05) is 20.3 Å². The van der Waals surface area contributed by atoms with Gasteiger partial charge in [-0.3, -0.25) is 0 Å². The molecule has 2 unspecified atom stereocenters. The number of nitrogens with one attached hydrogen (secondary N) is 1. The van der Waals surface area contributed by atoms with Gasteiger partial charge in [-0.05, 0) is 39.2 Å². The maximum Gasteiger partial charge on any atom is 0.391 e. The quantitative estimate of drug-likeness (QED) is 0.879. The summed E-state index contributed by atoms with van der Waals surface area (Å²) in [5.41, 5.74) is 0.414. The number of aromatic nitrogens is 1. The van der Waals surface area contributed by atoms with Crippen LogP contribution >= 0.6 is 11.3 Å². The third-order valence-corrected chi connectivity index (χ3v) is 5.58. The summed E-state index contributed by atoms with van der Waals surface area (Å²) in [5.74, 6) is -1.22. The summed E-state index contributed by atoms with van der Waals surface area (Å²) in [7, 11) is 0. The fourth-order valence-electron chi connectivity index (χ4n) is 3.28. The lowest BCUT2D eigenvalue weighted by Crippen LogP contribution is -2.48. The van der Waals surface area contributed by atoms with Crippen LogP contribution in [0.15, 0.2) is 0 Å². The van der Waals surface area contributed by atoms with Crippen molar-refractivity contribution >= 4 is 11.3 Å². The second-order valence-electron chi connectivity index (χ2n) is 5.82. The molecule has 120 valence electrons. The fraction of sp³-hybridized carbons (Fsp3) is 0.800. The average molecular weight is 320 g/mol. The minimum absolute atomic E-state index is 0.112. The van der Waals surface area contributed by atoms with Crippen molar-refractivity contribution in [3.8, 4) is 0 Å². The van der Waals surface area contributed by atoms with Gasteiger partial charge in [0.15, 0.2) is 0 Å². The molecule has 0 spiro atoms. The molecule has 1 fully saturated rings. The zero-order chi connectivity index (χ0) is 15.7. The molecule has 1 N–H and O–H groups in total. The molecule has 1 heterocycles. The molecule has 1 aliphatic carbocycles. The van der Waals surface area contributed by atoms with Gasteiger partial charge in [0, 0.05) is 4.88 Å². The number of nitrogens with zero attached hydrogens (tertiary/aromatic N) is 1. The van der Waals surface area contributed by atoms with E-state index in [4.69, 9.17) is 0 Å². The molecule has 2 atom stereocenters. The molecule has 0 radical (unpaired) electrons. The number of hydrogen-bond donors (Lipinski definition) is 1. The van der Waals surface area contributed by atoms with E-state index in [1.165, 1.54) is 0 Å². The van der Waals surface area contributed by atoms with Gasteiger partial charge in [0.2, 0.25) is 0 Å². The largest absolute Gasteiger partial charge is 0.391 e. The van der Waals surface area contributed by atoms with E-state index in [1.54, 1.807) is 11.3 Å². The Morgan fingerprint density at radius 1 is 1.38 bits per heavy atom. The van der Waals surface area contributed by atoms with E-state index in [9.17, 15) is 13.2 Å². The van der Waals surface area contributed by atoms with Crippen molar-refractivity contribution in [2.45, 2.75) is 64.6 Å². The van der Waals surface area contributed by atoms with Crippen molar-refractivity contribution in [1.29, 1.82) is 0 Å². The van der Waals surface area contributed by atoms with Crippen molar-refractivity contribution in [3.05, 3.63) is 15.6 Å². The predicted octanol–water partition coefficient (Wildman–Crippen LogP) is 4.57. The Bertz CT molecular complexity index is 480. The SMILES string of the molecule is CCNC1(c2nc(CC)c(C)s2)CCCC(C(F)(F)F)C1. The van der Waals surface area contributed by atoms with Crippen LogP contribution in [-0.2, 0) is 12.0 Å². The van der Waals surface area contributed by atoms with E-state index in [0.29, 0.717) is 13.0 Å². The number of halogens is 3. The van der Waals surface area contributed by atoms with Gasteiger partial charge < -0.3 is 5.32 Å². The van der Waals surface area contributed by atoms with Crippen LogP contribution in [0.2, 0.25) is 0 Å². The van der Waals surface area contributed by atoms with Gasteiger partial charge in [-0.25, -0.2) is 4.98 Å². The molecule has 1 aromatic heterocycles. The Labute approximate surface area is 128 Å². The van der Waals surface area contributed by atoms with Crippen LogP contribution in [0.25, 0.3) is 0 Å². The van der Waals surface area contributed by atoms with Gasteiger partial charge in [-0.15, -0.1) is 11.3 Å². The van der Waals surface area contributed by atoms with Crippen LogP contribution in [0.3, 0.4) is 0 Å². The number of alkyl halides is 3. The summed E-state index contributed by atoms with van der Waals surface area (Å²) in [6.07, 6.45) is -1.60. The lowest BCUT2D eigenvalue weighted by molar-refractivity contribution is -0.189. The normalized spacial score (nSPS) is 27.0. The van der Waals surface area contributed by atoms with Gasteiger partial charge >= 0.3 is 6.18 Å². The second kappa shape index (κ2) is 6.24. The monoisotopic (exact) mass is 320 g/mol. The standard InChI is InChI=1S/C15H23F3N2S/c1-4-12-10(3)21-13(20-12)14(19-5-2)8-6-7-11(9-14)15(16,17)18/h11,19H,4-9H2,1-3H3. The van der Waals surface area contributed by atoms with Crippen molar-refractivity contribution < 1.29 is 13.2 Å². The van der Waals surface area contributed by atoms with Crippen molar-refractivity contribution in [2.75, 3.05) is 6.54 Å². The molecule has 1 saturated carbocycles. The van der Waals surface area contributed by atoms with E-state index >= 15 is 0 Å². The van der Waals surface area contributed by atoms with Crippen LogP contribution in [0.1, 0.15) is 55.1 Å². The molecule has 0 aliphatic heterocycles. The molecular formula is C15H23F3N2S. The van der Waals surface area contributed by atoms with Crippen LogP contribution < -0.4 is 5.32 Å². The van der Waals surface area contributed by atoms with E-state index in [-0.39, 0.29) is 12.8 Å². The molecule has 0 aromatic carbocycles. The van der Waals surface area contributed by atoms with E-state index in [1.807, 2.05) is 20.8 Å². The fourth-order valence-corrected chi connectivity index (χ4v) is 4.49. The highest BCUT2D eigenvalue weighted by Crippen LogP contribution is 2.47. The van der Waals surface area contributed by atoms with Gasteiger partial charge in [0.25, 0.3) is 0 Å². The van der Waals surface area contributed by atoms with Crippen LogP contribution in [-0.4, -0.2) is 17.7 Å². The zero-order valence-electron chi connectivity index (χ0n) is 12.8. The molecule has 0 amide bonds. The summed E-state index contributed by atoms with van der Waals surface area (Å²) in [6, 6.07) is 0. The Hall–Kier alpha value is -0.620. The first-order valence-corrected chi connectivity index (χ1v) is 8.42.